The molecule has 0 aliphatic rings. The molecule has 0 radical (unpaired) electrons. The van der Waals surface area contributed by atoms with Crippen LogP contribution in [0.15, 0.2) is 0 Å². The lowest BCUT2D eigenvalue weighted by Gasteiger charge is -2.24. The van der Waals surface area contributed by atoms with Crippen LogP contribution in [0.3, 0.4) is 0 Å². The third-order valence-corrected chi connectivity index (χ3v) is 4.91. The van der Waals surface area contributed by atoms with Crippen LogP contribution in [-0.2, 0) is 9.59 Å². The van der Waals surface area contributed by atoms with Crippen LogP contribution in [0.2, 0.25) is 0 Å². The summed E-state index contributed by atoms with van der Waals surface area (Å²) in [5, 5.41) is 16.6. The Hall–Kier alpha value is 0.260. The highest BCUT2D eigenvalue weighted by atomic mass is 33.1. The number of rotatable bonds is 6. The molecular formula is C8H18N2O4S4. The van der Waals surface area contributed by atoms with Crippen LogP contribution in [0.25, 0.3) is 0 Å². The van der Waals surface area contributed by atoms with E-state index in [4.69, 9.17) is 21.7 Å². The number of hydrogen-bond donors (Lipinski definition) is 6. The van der Waals surface area contributed by atoms with E-state index in [1.165, 1.54) is 0 Å². The fourth-order valence-corrected chi connectivity index (χ4v) is 1.85. The van der Waals surface area contributed by atoms with E-state index in [2.05, 4.69) is 23.3 Å². The maximum Gasteiger partial charge on any atom is 0.321 e. The van der Waals surface area contributed by atoms with Gasteiger partial charge in [0.05, 0.1) is 0 Å². The van der Waals surface area contributed by atoms with E-state index >= 15 is 0 Å². The van der Waals surface area contributed by atoms with Crippen molar-refractivity contribution in [3.63, 3.8) is 0 Å². The second-order valence-electron chi connectivity index (χ2n) is 3.75. The molecule has 6 N–H and O–H groups in total. The molecule has 10 heteroatoms. The van der Waals surface area contributed by atoms with Gasteiger partial charge >= 0.3 is 11.9 Å². The first kappa shape index (κ1) is 20.6. The van der Waals surface area contributed by atoms with Crippen LogP contribution in [0.4, 0.5) is 0 Å². The molecule has 108 valence electrons. The molecule has 0 saturated heterocycles. The highest BCUT2D eigenvalue weighted by Gasteiger charge is 2.31. The minimum absolute atomic E-state index is 0.346. The Balaban J connectivity index is 0. The van der Waals surface area contributed by atoms with Crippen LogP contribution in [0.1, 0.15) is 13.8 Å². The largest absolute Gasteiger partial charge is 0.480 e. The zero-order valence-electron chi connectivity index (χ0n) is 9.94. The molecule has 0 spiro atoms. The summed E-state index contributed by atoms with van der Waals surface area (Å²) < 4.78 is -0.519. The lowest BCUT2D eigenvalue weighted by molar-refractivity contribution is -0.139. The zero-order chi connectivity index (χ0) is 14.9. The Kier molecular flexibility index (Phi) is 11.5. The van der Waals surface area contributed by atoms with Crippen molar-refractivity contribution in [1.82, 2.24) is 0 Å². The summed E-state index contributed by atoms with van der Waals surface area (Å²) in [5.41, 5.74) is 10.4. The van der Waals surface area contributed by atoms with Gasteiger partial charge in [0.15, 0.2) is 0 Å². The van der Waals surface area contributed by atoms with Crippen LogP contribution in [0, 0.1) is 0 Å². The Labute approximate surface area is 124 Å². The number of nitrogens with two attached hydrogens (primary N) is 2. The summed E-state index contributed by atoms with van der Waals surface area (Å²) in [4.78, 5) is 20.2. The molecule has 0 aromatic carbocycles. The van der Waals surface area contributed by atoms with Gasteiger partial charge in [-0.2, -0.15) is 0 Å². The van der Waals surface area contributed by atoms with E-state index in [1.807, 2.05) is 0 Å². The molecule has 0 aromatic rings. The van der Waals surface area contributed by atoms with Gasteiger partial charge in [0.2, 0.25) is 0 Å². The van der Waals surface area contributed by atoms with Gasteiger partial charge in [0.25, 0.3) is 0 Å². The second-order valence-corrected chi connectivity index (χ2v) is 6.90. The van der Waals surface area contributed by atoms with Crippen LogP contribution < -0.4 is 11.5 Å². The molecule has 0 bridgehead atoms. The third kappa shape index (κ3) is 9.22. The predicted octanol–water partition coefficient (Wildman–Crippen LogP) is 0.731. The van der Waals surface area contributed by atoms with E-state index in [0.717, 1.165) is 21.6 Å². The van der Waals surface area contributed by atoms with E-state index in [1.54, 1.807) is 13.8 Å². The summed E-state index contributed by atoms with van der Waals surface area (Å²) in [6, 6.07) is -1.65. The van der Waals surface area contributed by atoms with Crippen LogP contribution >= 0.6 is 44.9 Å². The van der Waals surface area contributed by atoms with Crippen molar-refractivity contribution in [3.05, 3.63) is 0 Å². The predicted molar refractivity (Wildman–Crippen MR) is 83.3 cm³/mol. The lowest BCUT2D eigenvalue weighted by Crippen LogP contribution is -2.46. The summed E-state index contributed by atoms with van der Waals surface area (Å²) in [6.45, 7) is 3.48. The van der Waals surface area contributed by atoms with Crippen molar-refractivity contribution >= 4 is 56.8 Å². The van der Waals surface area contributed by atoms with E-state index < -0.39 is 28.8 Å². The highest BCUT2D eigenvalue weighted by Crippen LogP contribution is 2.29. The third-order valence-electron chi connectivity index (χ3n) is 1.82. The van der Waals surface area contributed by atoms with E-state index in [-0.39, 0.29) is 0 Å². The zero-order valence-corrected chi connectivity index (χ0v) is 13.4. The smallest absolute Gasteiger partial charge is 0.321 e. The van der Waals surface area contributed by atoms with Crippen molar-refractivity contribution in [1.29, 1.82) is 0 Å². The van der Waals surface area contributed by atoms with Gasteiger partial charge in [-0.1, -0.05) is 21.6 Å². The number of hydrogen-bond acceptors (Lipinski definition) is 8. The van der Waals surface area contributed by atoms with E-state index in [9.17, 15) is 9.59 Å². The minimum atomic E-state index is -0.994. The molecule has 0 aromatic heterocycles. The molecule has 0 heterocycles. The van der Waals surface area contributed by atoms with Crippen molar-refractivity contribution in [3.8, 4) is 0 Å². The minimum Gasteiger partial charge on any atom is -0.480 e. The molecule has 18 heavy (non-hydrogen) atoms. The SMILES string of the molecule is CC(C)(SS)C(N)C(=O)O.NC(CSS)C(=O)O. The first-order valence-corrected chi connectivity index (χ1v) is 8.56. The maximum atomic E-state index is 10.3. The first-order valence-electron chi connectivity index (χ1n) is 4.65. The maximum absolute atomic E-state index is 10.3. The Bertz CT molecular complexity index is 278. The molecule has 0 aliphatic heterocycles. The number of aliphatic carboxylic acids is 2. The summed E-state index contributed by atoms with van der Waals surface area (Å²) in [5.74, 6) is -1.63. The number of carboxylic acid groups (broad SMARTS) is 2. The van der Waals surface area contributed by atoms with Gasteiger partial charge in [-0.05, 0) is 13.8 Å². The number of carbonyl (C=O) groups is 2. The monoisotopic (exact) mass is 334 g/mol. The average molecular weight is 335 g/mol. The standard InChI is InChI=1S/C5H11NO2S2.C3H7NO2S2/c1-5(2,10-9)3(6)4(7)8;4-2(1-8-7)3(5)6/h3,9H,6H2,1-2H3,(H,7,8);2,7H,1,4H2,(H,5,6). The van der Waals surface area contributed by atoms with Gasteiger partial charge < -0.3 is 21.7 Å². The summed E-state index contributed by atoms with van der Waals surface area (Å²) in [6.07, 6.45) is 0. The lowest BCUT2D eigenvalue weighted by atomic mass is 10.1. The molecule has 0 rings (SSSR count). The fourth-order valence-electron chi connectivity index (χ4n) is 0.506. The summed E-state index contributed by atoms with van der Waals surface area (Å²) >= 11 is 7.64. The molecule has 2 atom stereocenters. The van der Waals surface area contributed by atoms with E-state index in [0.29, 0.717) is 5.75 Å². The van der Waals surface area contributed by atoms with Crippen molar-refractivity contribution in [2.45, 2.75) is 30.7 Å². The quantitative estimate of drug-likeness (QED) is 0.310. The second kappa shape index (κ2) is 10.1. The molecule has 0 amide bonds. The van der Waals surface area contributed by atoms with Gasteiger partial charge in [0, 0.05) is 10.5 Å². The summed E-state index contributed by atoms with van der Waals surface area (Å²) in [7, 11) is 2.28. The molecular weight excluding hydrogens is 316 g/mol. The van der Waals surface area contributed by atoms with Gasteiger partial charge in [0.1, 0.15) is 12.1 Å². The van der Waals surface area contributed by atoms with Gasteiger partial charge in [-0.15, -0.1) is 23.3 Å². The van der Waals surface area contributed by atoms with Gasteiger partial charge in [-0.25, -0.2) is 0 Å². The topological polar surface area (TPSA) is 127 Å². The van der Waals surface area contributed by atoms with Crippen molar-refractivity contribution < 1.29 is 19.8 Å². The normalized spacial score (nSPS) is 14.1. The Morgan fingerprint density at radius 3 is 1.78 bits per heavy atom. The average Bonchev–Trinajstić information content (AvgIpc) is 2.28. The first-order chi connectivity index (χ1) is 8.10. The Morgan fingerprint density at radius 1 is 1.22 bits per heavy atom. The molecule has 0 fully saturated rings. The molecule has 0 saturated carbocycles. The Morgan fingerprint density at radius 2 is 1.67 bits per heavy atom. The molecule has 2 unspecified atom stereocenters. The molecule has 0 aliphatic carbocycles. The highest BCUT2D eigenvalue weighted by molar-refractivity contribution is 8.69. The molecule has 6 nitrogen and oxygen atoms in total. The van der Waals surface area contributed by atoms with Crippen LogP contribution in [-0.4, -0.2) is 44.7 Å². The number of carboxylic acids is 2. The van der Waals surface area contributed by atoms with Gasteiger partial charge in [-0.3, -0.25) is 9.59 Å². The van der Waals surface area contributed by atoms with Crippen LogP contribution in [0.5, 0.6) is 0 Å². The number of thiol groups is 2. The van der Waals surface area contributed by atoms with Crippen molar-refractivity contribution in [2.75, 3.05) is 5.75 Å². The van der Waals surface area contributed by atoms with Crippen molar-refractivity contribution in [2.24, 2.45) is 11.5 Å². The fraction of sp³-hybridized carbons (Fsp3) is 0.750.